The first-order valence-corrected chi connectivity index (χ1v) is 6.45. The highest BCUT2D eigenvalue weighted by Gasteiger charge is 2.18. The van der Waals surface area contributed by atoms with Gasteiger partial charge in [-0.2, -0.15) is 0 Å². The van der Waals surface area contributed by atoms with Crippen molar-refractivity contribution in [2.75, 3.05) is 19.5 Å². The molecule has 0 radical (unpaired) electrons. The van der Waals surface area contributed by atoms with Crippen LogP contribution in [0.1, 0.15) is 6.92 Å². The van der Waals surface area contributed by atoms with Crippen LogP contribution in [0.5, 0.6) is 5.75 Å². The summed E-state index contributed by atoms with van der Waals surface area (Å²) in [6, 6.07) is 3.62. The third kappa shape index (κ3) is 3.32. The number of methoxy groups -OCH3 is 1. The first-order chi connectivity index (χ1) is 7.90. The molecule has 1 aromatic rings. The highest BCUT2D eigenvalue weighted by molar-refractivity contribution is 7.89. The maximum Gasteiger partial charge on any atom is 0.241 e. The summed E-state index contributed by atoms with van der Waals surface area (Å²) in [6.07, 6.45) is 0. The van der Waals surface area contributed by atoms with Crippen molar-refractivity contribution in [2.24, 2.45) is 0 Å². The van der Waals surface area contributed by atoms with Gasteiger partial charge in [0.05, 0.1) is 24.3 Å². The number of nitrogens with one attached hydrogen (secondary N) is 1. The smallest absolute Gasteiger partial charge is 0.241 e. The Hall–Kier alpha value is -1.31. The van der Waals surface area contributed by atoms with E-state index in [0.29, 0.717) is 11.4 Å². The number of aliphatic hydroxyl groups is 1. The second kappa shape index (κ2) is 5.35. The minimum atomic E-state index is -3.67. The van der Waals surface area contributed by atoms with Crippen LogP contribution in [-0.2, 0) is 10.0 Å². The van der Waals surface area contributed by atoms with E-state index in [4.69, 9.17) is 15.6 Å². The number of anilines is 1. The molecule has 0 saturated heterocycles. The Morgan fingerprint density at radius 2 is 2.18 bits per heavy atom. The lowest BCUT2D eigenvalue weighted by molar-refractivity contribution is 0.265. The van der Waals surface area contributed by atoms with Crippen LogP contribution < -0.4 is 15.2 Å². The topological polar surface area (TPSA) is 102 Å². The van der Waals surface area contributed by atoms with Gasteiger partial charge in [-0.1, -0.05) is 0 Å². The van der Waals surface area contributed by atoms with Crippen LogP contribution >= 0.6 is 0 Å². The normalized spacial score (nSPS) is 13.4. The third-order valence-corrected chi connectivity index (χ3v) is 3.73. The maximum atomic E-state index is 11.9. The van der Waals surface area contributed by atoms with Crippen LogP contribution in [0.3, 0.4) is 0 Å². The Bertz CT molecular complexity index is 487. The number of benzene rings is 1. The summed E-state index contributed by atoms with van der Waals surface area (Å²) in [5.74, 6) is 0.296. The second-order valence-electron chi connectivity index (χ2n) is 3.61. The van der Waals surface area contributed by atoms with Gasteiger partial charge in [0.15, 0.2) is 0 Å². The van der Waals surface area contributed by atoms with Gasteiger partial charge in [0, 0.05) is 12.1 Å². The molecule has 0 fully saturated rings. The molecule has 0 aliphatic heterocycles. The molecule has 0 bridgehead atoms. The highest BCUT2D eigenvalue weighted by Crippen LogP contribution is 2.24. The lowest BCUT2D eigenvalue weighted by Gasteiger charge is -2.12. The molecule has 6 nitrogen and oxygen atoms in total. The van der Waals surface area contributed by atoms with Crippen molar-refractivity contribution in [3.8, 4) is 5.75 Å². The van der Waals surface area contributed by atoms with E-state index in [1.165, 1.54) is 25.3 Å². The molecule has 0 aliphatic rings. The molecule has 0 aliphatic carbocycles. The highest BCUT2D eigenvalue weighted by atomic mass is 32.2. The quantitative estimate of drug-likeness (QED) is 0.644. The third-order valence-electron chi connectivity index (χ3n) is 2.15. The summed E-state index contributed by atoms with van der Waals surface area (Å²) in [7, 11) is -2.26. The van der Waals surface area contributed by atoms with Crippen molar-refractivity contribution >= 4 is 15.7 Å². The Balaban J connectivity index is 3.07. The predicted molar refractivity (Wildman–Crippen MR) is 64.3 cm³/mol. The summed E-state index contributed by atoms with van der Waals surface area (Å²) >= 11 is 0. The van der Waals surface area contributed by atoms with Gasteiger partial charge in [0.2, 0.25) is 10.0 Å². The first kappa shape index (κ1) is 13.8. The molecular weight excluding hydrogens is 244 g/mol. The van der Waals surface area contributed by atoms with Crippen LogP contribution in [0.15, 0.2) is 23.1 Å². The molecule has 0 aromatic heterocycles. The number of hydrogen-bond acceptors (Lipinski definition) is 5. The van der Waals surface area contributed by atoms with Gasteiger partial charge in [0.1, 0.15) is 5.75 Å². The van der Waals surface area contributed by atoms with Gasteiger partial charge >= 0.3 is 0 Å². The van der Waals surface area contributed by atoms with Gasteiger partial charge in [-0.05, 0) is 19.1 Å². The molecule has 0 saturated carbocycles. The minimum absolute atomic E-state index is 0.0452. The number of nitrogen functional groups attached to an aromatic ring is 1. The van der Waals surface area contributed by atoms with Crippen LogP contribution in [0, 0.1) is 0 Å². The molecule has 17 heavy (non-hydrogen) atoms. The zero-order chi connectivity index (χ0) is 13.1. The average molecular weight is 260 g/mol. The molecule has 1 atom stereocenters. The Labute approximate surface area is 100 Å². The number of rotatable bonds is 5. The van der Waals surface area contributed by atoms with Gasteiger partial charge in [-0.25, -0.2) is 13.1 Å². The van der Waals surface area contributed by atoms with Crippen LogP contribution in [0.25, 0.3) is 0 Å². The van der Waals surface area contributed by atoms with Crippen molar-refractivity contribution in [3.63, 3.8) is 0 Å². The van der Waals surface area contributed by atoms with Crippen molar-refractivity contribution in [2.45, 2.75) is 17.9 Å². The SMILES string of the molecule is COc1cc(S(=O)(=O)N[C@H](C)CO)ccc1N. The summed E-state index contributed by atoms with van der Waals surface area (Å²) in [6.45, 7) is 1.29. The molecular formula is C10H16N2O4S. The predicted octanol–water partition coefficient (Wildman–Crippen LogP) is -0.0635. The van der Waals surface area contributed by atoms with E-state index in [1.54, 1.807) is 6.92 Å². The van der Waals surface area contributed by atoms with E-state index in [-0.39, 0.29) is 11.5 Å². The number of aliphatic hydroxyl groups excluding tert-OH is 1. The van der Waals surface area contributed by atoms with E-state index in [2.05, 4.69) is 4.72 Å². The van der Waals surface area contributed by atoms with Crippen LogP contribution in [0.2, 0.25) is 0 Å². The van der Waals surface area contributed by atoms with Crippen molar-refractivity contribution in [1.29, 1.82) is 0 Å². The second-order valence-corrected chi connectivity index (χ2v) is 5.32. The number of ether oxygens (including phenoxy) is 1. The molecule has 0 spiro atoms. The van der Waals surface area contributed by atoms with Crippen LogP contribution in [-0.4, -0.2) is 33.3 Å². The summed E-state index contributed by atoms with van der Waals surface area (Å²) in [4.78, 5) is 0.0452. The minimum Gasteiger partial charge on any atom is -0.495 e. The molecule has 4 N–H and O–H groups in total. The van der Waals surface area contributed by atoms with E-state index in [1.807, 2.05) is 0 Å². The fourth-order valence-corrected chi connectivity index (χ4v) is 2.48. The Morgan fingerprint density at radius 1 is 1.53 bits per heavy atom. The fraction of sp³-hybridized carbons (Fsp3) is 0.400. The summed E-state index contributed by atoms with van der Waals surface area (Å²) < 4.78 is 31.0. The Morgan fingerprint density at radius 3 is 2.71 bits per heavy atom. The molecule has 1 rings (SSSR count). The van der Waals surface area contributed by atoms with Gasteiger partial charge < -0.3 is 15.6 Å². The molecule has 1 aromatic carbocycles. The molecule has 0 amide bonds. The van der Waals surface area contributed by atoms with E-state index >= 15 is 0 Å². The maximum absolute atomic E-state index is 11.9. The lowest BCUT2D eigenvalue weighted by atomic mass is 10.3. The fourth-order valence-electron chi connectivity index (χ4n) is 1.23. The van der Waals surface area contributed by atoms with Crippen molar-refractivity contribution in [3.05, 3.63) is 18.2 Å². The monoisotopic (exact) mass is 260 g/mol. The van der Waals surface area contributed by atoms with Crippen molar-refractivity contribution < 1.29 is 18.3 Å². The number of hydrogen-bond donors (Lipinski definition) is 3. The van der Waals surface area contributed by atoms with Gasteiger partial charge in [0.25, 0.3) is 0 Å². The molecule has 0 unspecified atom stereocenters. The molecule has 7 heteroatoms. The van der Waals surface area contributed by atoms with E-state index in [9.17, 15) is 8.42 Å². The molecule has 96 valence electrons. The van der Waals surface area contributed by atoms with Crippen molar-refractivity contribution in [1.82, 2.24) is 4.72 Å². The standard InChI is InChI=1S/C10H16N2O4S/c1-7(6-13)12-17(14,15)8-3-4-9(11)10(5-8)16-2/h3-5,7,12-13H,6,11H2,1-2H3/t7-/m1/s1. The average Bonchev–Trinajstić information content (AvgIpc) is 2.28. The number of nitrogens with two attached hydrogens (primary N) is 1. The largest absolute Gasteiger partial charge is 0.495 e. The van der Waals surface area contributed by atoms with Gasteiger partial charge in [-0.15, -0.1) is 0 Å². The summed E-state index contributed by atoms with van der Waals surface area (Å²) in [5, 5.41) is 8.82. The summed E-state index contributed by atoms with van der Waals surface area (Å²) in [5.41, 5.74) is 5.95. The van der Waals surface area contributed by atoms with Crippen LogP contribution in [0.4, 0.5) is 5.69 Å². The van der Waals surface area contributed by atoms with E-state index in [0.717, 1.165) is 0 Å². The lowest BCUT2D eigenvalue weighted by Crippen LogP contribution is -2.35. The first-order valence-electron chi connectivity index (χ1n) is 4.97. The van der Waals surface area contributed by atoms with Gasteiger partial charge in [-0.3, -0.25) is 0 Å². The van der Waals surface area contributed by atoms with E-state index < -0.39 is 16.1 Å². The Kier molecular flexibility index (Phi) is 4.33. The number of sulfonamides is 1. The molecule has 0 heterocycles. The zero-order valence-electron chi connectivity index (χ0n) is 9.67. The zero-order valence-corrected chi connectivity index (χ0v) is 10.5.